The van der Waals surface area contributed by atoms with Crippen LogP contribution in [0.5, 0.6) is 11.5 Å². The van der Waals surface area contributed by atoms with Gasteiger partial charge in [-0.3, -0.25) is 4.79 Å². The Hall–Kier alpha value is -1.75. The number of hydrogen-bond acceptors (Lipinski definition) is 4. The van der Waals surface area contributed by atoms with Crippen molar-refractivity contribution in [3.05, 3.63) is 23.3 Å². The van der Waals surface area contributed by atoms with Gasteiger partial charge in [-0.2, -0.15) is 0 Å². The van der Waals surface area contributed by atoms with Gasteiger partial charge >= 0.3 is 0 Å². The number of carbonyl (C=O) groups excluding carboxylic acids is 1. The number of fused-ring (bicyclic) bond motifs is 3. The van der Waals surface area contributed by atoms with Crippen LogP contribution in [0.15, 0.2) is 12.1 Å². The molecule has 0 aromatic heterocycles. The summed E-state index contributed by atoms with van der Waals surface area (Å²) in [5, 5.41) is 3.42. The number of nitrogens with one attached hydrogen (secondary N) is 1. The molecule has 0 radical (unpaired) electrons. The molecule has 5 nitrogen and oxygen atoms in total. The second-order valence-corrected chi connectivity index (χ2v) is 9.50. The summed E-state index contributed by atoms with van der Waals surface area (Å²) in [7, 11) is 0. The molecule has 1 unspecified atom stereocenters. The van der Waals surface area contributed by atoms with Crippen LogP contribution in [0, 0.1) is 5.92 Å². The Bertz CT molecular complexity index is 766. The van der Waals surface area contributed by atoms with E-state index in [9.17, 15) is 4.79 Å². The van der Waals surface area contributed by atoms with Gasteiger partial charge in [0.05, 0.1) is 6.04 Å². The fourth-order valence-electron chi connectivity index (χ4n) is 6.05. The molecule has 1 aromatic rings. The van der Waals surface area contributed by atoms with E-state index in [1.807, 2.05) is 0 Å². The lowest BCUT2D eigenvalue weighted by Gasteiger charge is -2.46. The molecule has 158 valence electrons. The number of ether oxygens (including phenoxy) is 2. The second kappa shape index (κ2) is 7.82. The maximum absolute atomic E-state index is 13.3. The van der Waals surface area contributed by atoms with E-state index in [0.717, 1.165) is 37.6 Å². The molecule has 3 heterocycles. The van der Waals surface area contributed by atoms with Crippen molar-refractivity contribution in [3.63, 3.8) is 0 Å². The zero-order valence-corrected chi connectivity index (χ0v) is 17.7. The summed E-state index contributed by atoms with van der Waals surface area (Å²) in [6.45, 7) is 6.48. The van der Waals surface area contributed by atoms with Gasteiger partial charge in [-0.1, -0.05) is 12.8 Å². The monoisotopic (exact) mass is 398 g/mol. The molecule has 3 aliphatic heterocycles. The van der Waals surface area contributed by atoms with Gasteiger partial charge in [0.2, 0.25) is 5.91 Å². The molecule has 1 saturated heterocycles. The summed E-state index contributed by atoms with van der Waals surface area (Å²) in [6, 6.07) is 4.51. The van der Waals surface area contributed by atoms with Crippen LogP contribution in [-0.2, 0) is 10.2 Å². The average molecular weight is 399 g/mol. The van der Waals surface area contributed by atoms with Gasteiger partial charge in [-0.25, -0.2) is 0 Å². The minimum atomic E-state index is 0.0993. The molecule has 5 heteroatoms. The van der Waals surface area contributed by atoms with Crippen LogP contribution in [0.25, 0.3) is 0 Å². The van der Waals surface area contributed by atoms with Crippen molar-refractivity contribution in [3.8, 4) is 11.5 Å². The molecule has 1 saturated carbocycles. The van der Waals surface area contributed by atoms with Gasteiger partial charge in [0.25, 0.3) is 0 Å². The zero-order valence-electron chi connectivity index (χ0n) is 17.7. The van der Waals surface area contributed by atoms with Crippen molar-refractivity contribution in [2.24, 2.45) is 5.92 Å². The molecule has 1 N–H and O–H groups in total. The molecule has 1 aromatic carbocycles. The lowest BCUT2D eigenvalue weighted by atomic mass is 9.71. The molecule has 1 amide bonds. The van der Waals surface area contributed by atoms with E-state index >= 15 is 0 Å². The first-order valence-electron chi connectivity index (χ1n) is 11.6. The highest BCUT2D eigenvalue weighted by molar-refractivity contribution is 5.77. The minimum absolute atomic E-state index is 0.0993. The molecule has 0 bridgehead atoms. The number of hydrogen-bond donors (Lipinski definition) is 1. The molecular formula is C24H34N2O3. The molecule has 29 heavy (non-hydrogen) atoms. The van der Waals surface area contributed by atoms with Crippen LogP contribution in [0.4, 0.5) is 0 Å². The Morgan fingerprint density at radius 1 is 1.14 bits per heavy atom. The number of piperidine rings is 1. The van der Waals surface area contributed by atoms with Crippen molar-refractivity contribution in [1.29, 1.82) is 0 Å². The van der Waals surface area contributed by atoms with Crippen LogP contribution < -0.4 is 14.8 Å². The molecule has 5 rings (SSSR count). The van der Waals surface area contributed by atoms with E-state index in [1.54, 1.807) is 0 Å². The summed E-state index contributed by atoms with van der Waals surface area (Å²) < 4.78 is 11.8. The van der Waals surface area contributed by atoms with Gasteiger partial charge < -0.3 is 19.7 Å². The Balaban J connectivity index is 1.41. The normalized spacial score (nSPS) is 25.8. The summed E-state index contributed by atoms with van der Waals surface area (Å²) in [5.74, 6) is 2.77. The predicted octanol–water partition coefficient (Wildman–Crippen LogP) is 3.95. The largest absolute Gasteiger partial charge is 0.486 e. The Morgan fingerprint density at radius 3 is 2.55 bits per heavy atom. The van der Waals surface area contributed by atoms with Crippen LogP contribution >= 0.6 is 0 Å². The van der Waals surface area contributed by atoms with Crippen molar-refractivity contribution < 1.29 is 14.3 Å². The van der Waals surface area contributed by atoms with Gasteiger partial charge in [-0.05, 0) is 81.3 Å². The van der Waals surface area contributed by atoms with Crippen LogP contribution in [0.3, 0.4) is 0 Å². The van der Waals surface area contributed by atoms with E-state index in [2.05, 4.69) is 29.3 Å². The number of rotatable bonds is 3. The van der Waals surface area contributed by atoms with Crippen molar-refractivity contribution >= 4 is 5.91 Å². The van der Waals surface area contributed by atoms with Crippen LogP contribution in [0.1, 0.15) is 75.5 Å². The van der Waals surface area contributed by atoms with Gasteiger partial charge in [0.1, 0.15) is 13.2 Å². The number of carbonyl (C=O) groups is 1. The first kappa shape index (κ1) is 19.2. The maximum Gasteiger partial charge on any atom is 0.223 e. The number of amides is 1. The molecular weight excluding hydrogens is 364 g/mol. The SMILES string of the molecule is CC1c2cc3c(cc2C2(CCCC2)CN1C(=O)CCC1CCNCC1)OCCO3. The minimum Gasteiger partial charge on any atom is -0.486 e. The van der Waals surface area contributed by atoms with Gasteiger partial charge in [0, 0.05) is 18.4 Å². The predicted molar refractivity (Wildman–Crippen MR) is 113 cm³/mol. The Kier molecular flexibility index (Phi) is 5.19. The maximum atomic E-state index is 13.3. The third kappa shape index (κ3) is 3.52. The van der Waals surface area contributed by atoms with Gasteiger partial charge in [0.15, 0.2) is 11.5 Å². The van der Waals surface area contributed by atoms with E-state index < -0.39 is 0 Å². The second-order valence-electron chi connectivity index (χ2n) is 9.50. The van der Waals surface area contributed by atoms with E-state index in [0.29, 0.717) is 31.5 Å². The van der Waals surface area contributed by atoms with E-state index in [1.165, 1.54) is 49.7 Å². The topological polar surface area (TPSA) is 50.8 Å². The Labute approximate surface area is 174 Å². The first-order chi connectivity index (χ1) is 14.2. The lowest BCUT2D eigenvalue weighted by molar-refractivity contribution is -0.135. The zero-order chi connectivity index (χ0) is 19.8. The molecule has 1 atom stereocenters. The highest BCUT2D eigenvalue weighted by Gasteiger charge is 2.46. The number of benzene rings is 1. The van der Waals surface area contributed by atoms with Crippen LogP contribution in [0.2, 0.25) is 0 Å². The third-order valence-electron chi connectivity index (χ3n) is 7.78. The third-order valence-corrected chi connectivity index (χ3v) is 7.78. The van der Waals surface area contributed by atoms with Crippen molar-refractivity contribution in [2.45, 2.75) is 69.7 Å². The fourth-order valence-corrected chi connectivity index (χ4v) is 6.05. The van der Waals surface area contributed by atoms with E-state index in [-0.39, 0.29) is 11.5 Å². The van der Waals surface area contributed by atoms with Crippen LogP contribution in [-0.4, -0.2) is 43.7 Å². The first-order valence-corrected chi connectivity index (χ1v) is 11.6. The Morgan fingerprint density at radius 2 is 1.83 bits per heavy atom. The summed E-state index contributed by atoms with van der Waals surface area (Å²) in [4.78, 5) is 15.5. The van der Waals surface area contributed by atoms with Crippen molar-refractivity contribution in [2.75, 3.05) is 32.8 Å². The molecule has 1 aliphatic carbocycles. The highest BCUT2D eigenvalue weighted by atomic mass is 16.6. The molecule has 2 fully saturated rings. The molecule has 1 spiro atoms. The highest BCUT2D eigenvalue weighted by Crippen LogP contribution is 2.52. The van der Waals surface area contributed by atoms with Crippen molar-refractivity contribution in [1.82, 2.24) is 10.2 Å². The van der Waals surface area contributed by atoms with Gasteiger partial charge in [-0.15, -0.1) is 0 Å². The quantitative estimate of drug-likeness (QED) is 0.838. The summed E-state index contributed by atoms with van der Waals surface area (Å²) in [6.07, 6.45) is 8.97. The standard InChI is InChI=1S/C24H34N2O3/c1-17-19-14-21-22(29-13-12-28-21)15-20(19)24(8-2-3-9-24)16-26(17)23(27)5-4-18-6-10-25-11-7-18/h14-15,17-18,25H,2-13,16H2,1H3. The number of nitrogens with zero attached hydrogens (tertiary/aromatic N) is 1. The summed E-state index contributed by atoms with van der Waals surface area (Å²) >= 11 is 0. The summed E-state index contributed by atoms with van der Waals surface area (Å²) in [5.41, 5.74) is 2.79. The smallest absolute Gasteiger partial charge is 0.223 e. The van der Waals surface area contributed by atoms with E-state index in [4.69, 9.17) is 9.47 Å². The molecule has 4 aliphatic rings. The average Bonchev–Trinajstić information content (AvgIpc) is 3.24. The fraction of sp³-hybridized carbons (Fsp3) is 0.708. The lowest BCUT2D eigenvalue weighted by Crippen LogP contribution is -2.48.